The summed E-state index contributed by atoms with van der Waals surface area (Å²) in [6.45, 7) is 7.19. The predicted octanol–water partition coefficient (Wildman–Crippen LogP) is 4.33. The maximum Gasteiger partial charge on any atom is 0.139 e. The second kappa shape index (κ2) is 10.2. The van der Waals surface area contributed by atoms with Crippen LogP contribution < -0.4 is 0 Å². The van der Waals surface area contributed by atoms with Crippen molar-refractivity contribution in [2.75, 3.05) is 44.3 Å². The van der Waals surface area contributed by atoms with Gasteiger partial charge >= 0.3 is 0 Å². The van der Waals surface area contributed by atoms with Crippen LogP contribution in [0.1, 0.15) is 25.8 Å². The van der Waals surface area contributed by atoms with E-state index in [2.05, 4.69) is 64.8 Å². The molecule has 0 spiro atoms. The number of hydrogen-bond acceptors (Lipinski definition) is 4. The van der Waals surface area contributed by atoms with Crippen LogP contribution in [-0.4, -0.2) is 69.4 Å². The van der Waals surface area contributed by atoms with E-state index in [0.717, 1.165) is 60.6 Å². The van der Waals surface area contributed by atoms with Crippen molar-refractivity contribution in [2.45, 2.75) is 39.1 Å². The average molecular weight is 484 g/mol. The van der Waals surface area contributed by atoms with Crippen molar-refractivity contribution in [2.24, 2.45) is 5.92 Å². The zero-order valence-corrected chi connectivity index (χ0v) is 21.8. The molecule has 3 heterocycles. The zero-order chi connectivity index (χ0) is 24.3. The number of rotatable bonds is 8. The quantitative estimate of drug-likeness (QED) is 0.383. The highest BCUT2D eigenvalue weighted by atomic mass is 32.3. The molecule has 6 nitrogen and oxygen atoms in total. The summed E-state index contributed by atoms with van der Waals surface area (Å²) in [4.78, 5) is 0. The molecule has 1 unspecified atom stereocenters. The molecule has 3 aromatic rings. The van der Waals surface area contributed by atoms with E-state index in [4.69, 9.17) is 9.47 Å². The number of aromatic nitrogens is 3. The van der Waals surface area contributed by atoms with Gasteiger partial charge in [-0.2, -0.15) is 5.10 Å². The third-order valence-corrected chi connectivity index (χ3v) is 7.27. The first kappa shape index (κ1) is 24.9. The highest BCUT2D eigenvalue weighted by Crippen LogP contribution is 2.34. The van der Waals surface area contributed by atoms with Crippen molar-refractivity contribution in [3.05, 3.63) is 42.4 Å². The lowest BCUT2D eigenvalue weighted by Gasteiger charge is -2.24. The topological polar surface area (TPSA) is 61.4 Å². The monoisotopic (exact) mass is 483 g/mol. The number of aliphatic hydroxyl groups is 1. The molecule has 0 aliphatic carbocycles. The number of fused-ring (bicyclic) bond motifs is 1. The minimum atomic E-state index is -1.03. The molecule has 2 aromatic heterocycles. The van der Waals surface area contributed by atoms with Crippen LogP contribution in [-0.2, 0) is 22.7 Å². The van der Waals surface area contributed by atoms with Crippen molar-refractivity contribution < 1.29 is 14.6 Å². The summed E-state index contributed by atoms with van der Waals surface area (Å²) in [5, 5.41) is 15.7. The van der Waals surface area contributed by atoms with Gasteiger partial charge in [0.15, 0.2) is 0 Å². The molecule has 0 saturated carbocycles. The number of ether oxygens (including phenoxy) is 2. The van der Waals surface area contributed by atoms with E-state index in [9.17, 15) is 5.11 Å². The molecule has 0 radical (unpaired) electrons. The third-order valence-electron chi connectivity index (χ3n) is 5.88. The minimum Gasteiger partial charge on any atom is -0.381 e. The van der Waals surface area contributed by atoms with Gasteiger partial charge in [-0.25, -0.2) is 14.7 Å². The smallest absolute Gasteiger partial charge is 0.139 e. The Bertz CT molecular complexity index is 1180. The van der Waals surface area contributed by atoms with Crippen LogP contribution in [0.4, 0.5) is 0 Å². The van der Waals surface area contributed by atoms with Crippen molar-refractivity contribution in [1.29, 1.82) is 0 Å². The molecule has 1 fully saturated rings. The van der Waals surface area contributed by atoms with Crippen LogP contribution in [0.2, 0.25) is 0 Å². The van der Waals surface area contributed by atoms with Crippen LogP contribution in [0.25, 0.3) is 22.0 Å². The predicted molar refractivity (Wildman–Crippen MR) is 141 cm³/mol. The first-order chi connectivity index (χ1) is 16.1. The first-order valence-electron chi connectivity index (χ1n) is 11.8. The number of hydrogen-bond donors (Lipinski definition) is 1. The normalized spacial score (nSPS) is 17.2. The summed E-state index contributed by atoms with van der Waals surface area (Å²) in [6, 6.07) is 6.28. The lowest BCUT2D eigenvalue weighted by molar-refractivity contribution is 0.0809. The molecule has 1 saturated heterocycles. The van der Waals surface area contributed by atoms with Gasteiger partial charge in [0, 0.05) is 64.8 Å². The van der Waals surface area contributed by atoms with Crippen LogP contribution in [0, 0.1) is 17.8 Å². The maximum atomic E-state index is 10.0. The van der Waals surface area contributed by atoms with Gasteiger partial charge in [0.1, 0.15) is 12.3 Å². The first-order valence-corrected chi connectivity index (χ1v) is 14.8. The van der Waals surface area contributed by atoms with Gasteiger partial charge in [-0.1, -0.05) is 11.8 Å². The molecule has 4 rings (SSSR count). The van der Waals surface area contributed by atoms with E-state index >= 15 is 0 Å². The Morgan fingerprint density at radius 2 is 2.09 bits per heavy atom. The summed E-state index contributed by atoms with van der Waals surface area (Å²) >= 11 is 0. The Morgan fingerprint density at radius 1 is 1.26 bits per heavy atom. The van der Waals surface area contributed by atoms with Crippen molar-refractivity contribution in [1.82, 2.24) is 14.3 Å². The fraction of sp³-hybridized carbons (Fsp3) is 0.519. The second-order valence-electron chi connectivity index (χ2n) is 10.6. The Hall–Kier alpha value is -2.24. The van der Waals surface area contributed by atoms with Crippen LogP contribution >= 0.6 is 10.0 Å². The molecule has 7 heteroatoms. The molecular formula is C27H37N3O3S. The summed E-state index contributed by atoms with van der Waals surface area (Å²) in [5.41, 5.74) is 3.23. The van der Waals surface area contributed by atoms with Crippen LogP contribution in [0.3, 0.4) is 0 Å². The van der Waals surface area contributed by atoms with E-state index in [0.29, 0.717) is 12.6 Å². The Kier molecular flexibility index (Phi) is 7.44. The molecule has 1 atom stereocenters. The number of benzene rings is 1. The van der Waals surface area contributed by atoms with Gasteiger partial charge in [0.05, 0.1) is 19.4 Å². The van der Waals surface area contributed by atoms with E-state index in [1.54, 1.807) is 13.8 Å². The molecule has 1 aliphatic heterocycles. The Labute approximate surface area is 204 Å². The molecule has 1 N–H and O–H groups in total. The zero-order valence-electron chi connectivity index (χ0n) is 21.0. The lowest BCUT2D eigenvalue weighted by Crippen LogP contribution is -2.14. The Morgan fingerprint density at radius 3 is 2.79 bits per heavy atom. The summed E-state index contributed by atoms with van der Waals surface area (Å²) in [6.07, 6.45) is 14.2. The lowest BCUT2D eigenvalue weighted by atomic mass is 10.0. The van der Waals surface area contributed by atoms with Crippen molar-refractivity contribution >= 4 is 20.9 Å². The summed E-state index contributed by atoms with van der Waals surface area (Å²) in [7, 11) is -0.559. The Balaban J connectivity index is 1.62. The van der Waals surface area contributed by atoms with Crippen LogP contribution in [0.5, 0.6) is 0 Å². The van der Waals surface area contributed by atoms with Gasteiger partial charge in [-0.05, 0) is 57.2 Å². The minimum absolute atomic E-state index is 0.454. The molecule has 0 amide bonds. The molecule has 0 bridgehead atoms. The largest absolute Gasteiger partial charge is 0.381 e. The van der Waals surface area contributed by atoms with E-state index in [1.165, 1.54) is 5.52 Å². The fourth-order valence-electron chi connectivity index (χ4n) is 4.03. The SMILES string of the molecule is CC(C)(O)C#Cc1ccc2c(c1)c(-c1cnn(COCCS(C)(C)C)c1)cn2CC1CCOC1. The van der Waals surface area contributed by atoms with E-state index < -0.39 is 15.6 Å². The van der Waals surface area contributed by atoms with Gasteiger partial charge in [0.25, 0.3) is 0 Å². The molecule has 34 heavy (non-hydrogen) atoms. The fourth-order valence-corrected chi connectivity index (χ4v) is 4.64. The summed E-state index contributed by atoms with van der Waals surface area (Å²) < 4.78 is 15.7. The van der Waals surface area contributed by atoms with Crippen molar-refractivity contribution in [3.8, 4) is 23.0 Å². The maximum absolute atomic E-state index is 10.0. The third kappa shape index (κ3) is 6.67. The summed E-state index contributed by atoms with van der Waals surface area (Å²) in [5.74, 6) is 7.66. The molecule has 1 aliphatic rings. The average Bonchev–Trinajstić information content (AvgIpc) is 3.49. The van der Waals surface area contributed by atoms with Gasteiger partial charge in [0.2, 0.25) is 0 Å². The second-order valence-corrected chi connectivity index (χ2v) is 15.2. The van der Waals surface area contributed by atoms with Crippen molar-refractivity contribution in [3.63, 3.8) is 0 Å². The van der Waals surface area contributed by atoms with Crippen LogP contribution in [0.15, 0.2) is 36.8 Å². The molecular weight excluding hydrogens is 446 g/mol. The number of nitrogens with zero attached hydrogens (tertiary/aromatic N) is 3. The molecule has 1 aromatic carbocycles. The van der Waals surface area contributed by atoms with Gasteiger partial charge in [-0.15, -0.1) is 0 Å². The standard InChI is InChI=1S/C27H37N3O3S/c1-27(2,31)10-8-21-6-7-26-24(14-21)25(18-29(26)16-22-9-11-32-19-22)23-15-28-30(17-23)20-33-12-13-34(3,4)5/h6-7,14-15,17-18,22,31H,9,11-13,16,19-20H2,1-5H3. The highest BCUT2D eigenvalue weighted by molar-refractivity contribution is 8.32. The van der Waals surface area contributed by atoms with Gasteiger partial charge < -0.3 is 19.1 Å². The van der Waals surface area contributed by atoms with Gasteiger partial charge in [-0.3, -0.25) is 0 Å². The van der Waals surface area contributed by atoms with E-state index in [1.807, 2.05) is 16.9 Å². The highest BCUT2D eigenvalue weighted by Gasteiger charge is 2.19. The molecule has 184 valence electrons. The van der Waals surface area contributed by atoms with E-state index in [-0.39, 0.29) is 0 Å².